The van der Waals surface area contributed by atoms with Gasteiger partial charge in [-0.25, -0.2) is 4.68 Å². The van der Waals surface area contributed by atoms with Gasteiger partial charge in [-0.3, -0.25) is 30.1 Å². The zero-order valence-corrected chi connectivity index (χ0v) is 13.9. The first-order valence-corrected chi connectivity index (χ1v) is 7.60. The number of aromatic nitrogens is 2. The Hall–Kier alpha value is -4.15. The van der Waals surface area contributed by atoms with Crippen molar-refractivity contribution in [2.24, 2.45) is 10.2 Å². The van der Waals surface area contributed by atoms with Crippen LogP contribution in [0, 0.1) is 27.2 Å². The lowest BCUT2D eigenvalue weighted by atomic mass is 10.3. The van der Waals surface area contributed by atoms with Gasteiger partial charge in [-0.15, -0.1) is 10.2 Å². The van der Waals surface area contributed by atoms with Gasteiger partial charge in [0.05, 0.1) is 21.2 Å². The summed E-state index contributed by atoms with van der Waals surface area (Å²) in [5, 5.41) is 32.2. The number of aromatic amines is 1. The van der Waals surface area contributed by atoms with Crippen molar-refractivity contribution in [3.05, 3.63) is 84.8 Å². The van der Waals surface area contributed by atoms with Crippen molar-refractivity contribution < 1.29 is 9.85 Å². The van der Waals surface area contributed by atoms with Gasteiger partial charge >= 0.3 is 0 Å². The van der Waals surface area contributed by atoms with Crippen molar-refractivity contribution in [1.82, 2.24) is 9.78 Å². The molecule has 0 spiro atoms. The number of azo groups is 1. The van der Waals surface area contributed by atoms with Gasteiger partial charge in [-0.05, 0) is 25.1 Å². The molecule has 0 aliphatic carbocycles. The van der Waals surface area contributed by atoms with Crippen LogP contribution in [0.25, 0.3) is 5.69 Å². The maximum absolute atomic E-state index is 12.6. The smallest absolute Gasteiger partial charge is 0.293 e. The molecule has 0 radical (unpaired) electrons. The molecular weight excluding hydrogens is 356 g/mol. The highest BCUT2D eigenvalue weighted by Gasteiger charge is 2.15. The molecule has 1 heterocycles. The molecule has 0 amide bonds. The van der Waals surface area contributed by atoms with Crippen molar-refractivity contribution in [1.29, 1.82) is 0 Å². The molecule has 3 aromatic rings. The Labute approximate surface area is 150 Å². The number of rotatable bonds is 5. The zero-order valence-electron chi connectivity index (χ0n) is 13.9. The fraction of sp³-hybridized carbons (Fsp3) is 0.0625. The van der Waals surface area contributed by atoms with Crippen molar-refractivity contribution in [2.75, 3.05) is 0 Å². The topological polar surface area (TPSA) is 149 Å². The van der Waals surface area contributed by atoms with Gasteiger partial charge in [0, 0.05) is 18.2 Å². The molecule has 3 rings (SSSR count). The van der Waals surface area contributed by atoms with E-state index >= 15 is 0 Å². The second-order valence-corrected chi connectivity index (χ2v) is 5.45. The van der Waals surface area contributed by atoms with Crippen molar-refractivity contribution >= 4 is 22.7 Å². The second kappa shape index (κ2) is 7.00. The molecule has 2 aromatic carbocycles. The zero-order chi connectivity index (χ0) is 19.6. The van der Waals surface area contributed by atoms with Gasteiger partial charge in [0.1, 0.15) is 0 Å². The van der Waals surface area contributed by atoms with Crippen LogP contribution in [0.1, 0.15) is 5.69 Å². The fourth-order valence-corrected chi connectivity index (χ4v) is 2.37. The summed E-state index contributed by atoms with van der Waals surface area (Å²) < 4.78 is 1.16. The molecule has 0 saturated carbocycles. The van der Waals surface area contributed by atoms with E-state index in [2.05, 4.69) is 15.3 Å². The molecule has 0 saturated heterocycles. The van der Waals surface area contributed by atoms with E-state index in [9.17, 15) is 25.0 Å². The molecule has 11 heteroatoms. The average molecular weight is 368 g/mol. The summed E-state index contributed by atoms with van der Waals surface area (Å²) >= 11 is 0. The molecule has 11 nitrogen and oxygen atoms in total. The van der Waals surface area contributed by atoms with Crippen LogP contribution >= 0.6 is 0 Å². The number of aryl methyl sites for hydroxylation is 1. The summed E-state index contributed by atoms with van der Waals surface area (Å²) in [7, 11) is 0. The third kappa shape index (κ3) is 3.46. The second-order valence-electron chi connectivity index (χ2n) is 5.45. The monoisotopic (exact) mass is 368 g/mol. The van der Waals surface area contributed by atoms with Crippen LogP contribution in [-0.2, 0) is 0 Å². The number of para-hydroxylation sites is 1. The number of non-ortho nitro benzene ring substituents is 1. The highest BCUT2D eigenvalue weighted by molar-refractivity contribution is 5.57. The van der Waals surface area contributed by atoms with Gasteiger partial charge in [-0.2, -0.15) is 0 Å². The van der Waals surface area contributed by atoms with Crippen LogP contribution in [0.3, 0.4) is 0 Å². The van der Waals surface area contributed by atoms with Crippen LogP contribution < -0.4 is 5.56 Å². The summed E-state index contributed by atoms with van der Waals surface area (Å²) in [6.07, 6.45) is 0. The van der Waals surface area contributed by atoms with Crippen LogP contribution in [0.4, 0.5) is 22.7 Å². The lowest BCUT2D eigenvalue weighted by molar-refractivity contribution is -0.384. The van der Waals surface area contributed by atoms with E-state index in [1.54, 1.807) is 13.0 Å². The number of hydrogen-bond acceptors (Lipinski definition) is 7. The van der Waals surface area contributed by atoms with E-state index in [0.717, 1.165) is 4.68 Å². The lowest BCUT2D eigenvalue weighted by Crippen LogP contribution is -2.13. The molecule has 136 valence electrons. The molecular formula is C16H12N6O5. The summed E-state index contributed by atoms with van der Waals surface area (Å²) in [5.74, 6) is 0. The number of nitro benzene ring substituents is 2. The van der Waals surface area contributed by atoms with E-state index in [4.69, 9.17) is 0 Å². The summed E-state index contributed by atoms with van der Waals surface area (Å²) in [6.45, 7) is 1.59. The maximum Gasteiger partial charge on any atom is 0.299 e. The highest BCUT2D eigenvalue weighted by Crippen LogP contribution is 2.28. The number of H-pyrrole nitrogens is 1. The SMILES string of the molecule is Cc1[nH]n(-c2ccc([N+](=O)[O-])cc2)c(=O)c1N=Nc1ccccc1[N+](=O)[O-]. The van der Waals surface area contributed by atoms with E-state index in [0.29, 0.717) is 11.4 Å². The summed E-state index contributed by atoms with van der Waals surface area (Å²) in [5.41, 5.74) is -0.113. The number of hydrogen-bond donors (Lipinski definition) is 1. The van der Waals surface area contributed by atoms with E-state index in [1.165, 1.54) is 42.5 Å². The Kier molecular flexibility index (Phi) is 4.58. The minimum atomic E-state index is -0.590. The predicted molar refractivity (Wildman–Crippen MR) is 95.1 cm³/mol. The average Bonchev–Trinajstić information content (AvgIpc) is 2.94. The Morgan fingerprint density at radius 3 is 2.26 bits per heavy atom. The Morgan fingerprint density at radius 1 is 0.963 bits per heavy atom. The van der Waals surface area contributed by atoms with Crippen LogP contribution in [-0.4, -0.2) is 19.6 Å². The Balaban J connectivity index is 1.99. The fourth-order valence-electron chi connectivity index (χ4n) is 2.37. The molecule has 27 heavy (non-hydrogen) atoms. The normalized spacial score (nSPS) is 11.0. The van der Waals surface area contributed by atoms with Crippen LogP contribution in [0.15, 0.2) is 63.6 Å². The number of nitrogens with zero attached hydrogens (tertiary/aromatic N) is 5. The van der Waals surface area contributed by atoms with Gasteiger partial charge in [0.15, 0.2) is 11.4 Å². The van der Waals surface area contributed by atoms with Crippen LogP contribution in [0.5, 0.6) is 0 Å². The maximum atomic E-state index is 12.6. The molecule has 0 fully saturated rings. The molecule has 0 atom stereocenters. The first-order valence-electron chi connectivity index (χ1n) is 7.60. The third-order valence-electron chi connectivity index (χ3n) is 3.70. The molecule has 0 unspecified atom stereocenters. The highest BCUT2D eigenvalue weighted by atomic mass is 16.6. The Bertz CT molecular complexity index is 1110. The van der Waals surface area contributed by atoms with E-state index in [1.807, 2.05) is 0 Å². The first-order chi connectivity index (χ1) is 12.9. The quantitative estimate of drug-likeness (QED) is 0.414. The summed E-state index contributed by atoms with van der Waals surface area (Å²) in [6, 6.07) is 11.1. The molecule has 1 aromatic heterocycles. The van der Waals surface area contributed by atoms with Gasteiger partial charge in [0.2, 0.25) is 0 Å². The molecule has 0 bridgehead atoms. The lowest BCUT2D eigenvalue weighted by Gasteiger charge is -2.00. The number of nitro groups is 2. The van der Waals surface area contributed by atoms with Crippen LogP contribution in [0.2, 0.25) is 0 Å². The number of nitrogens with one attached hydrogen (secondary N) is 1. The number of benzene rings is 2. The third-order valence-corrected chi connectivity index (χ3v) is 3.70. The predicted octanol–water partition coefficient (Wildman–Crippen LogP) is 3.71. The molecule has 1 N–H and O–H groups in total. The van der Waals surface area contributed by atoms with Gasteiger partial charge in [-0.1, -0.05) is 12.1 Å². The minimum absolute atomic E-state index is 0.0179. The standard InChI is InChI=1S/C16H12N6O5/c1-10-15(18-17-13-4-2-3-5-14(13)22(26)27)16(23)20(19-10)11-6-8-12(9-7-11)21(24)25/h2-9,19H,1H3. The van der Waals surface area contributed by atoms with Crippen molar-refractivity contribution in [3.8, 4) is 5.69 Å². The summed E-state index contributed by atoms with van der Waals surface area (Å²) in [4.78, 5) is 33.2. The van der Waals surface area contributed by atoms with Gasteiger partial charge in [0.25, 0.3) is 16.9 Å². The largest absolute Gasteiger partial charge is 0.299 e. The minimum Gasteiger partial charge on any atom is -0.293 e. The Morgan fingerprint density at radius 2 is 1.63 bits per heavy atom. The van der Waals surface area contributed by atoms with E-state index < -0.39 is 15.4 Å². The van der Waals surface area contributed by atoms with E-state index in [-0.39, 0.29) is 22.7 Å². The van der Waals surface area contributed by atoms with Crippen molar-refractivity contribution in [3.63, 3.8) is 0 Å². The van der Waals surface area contributed by atoms with Gasteiger partial charge < -0.3 is 0 Å². The van der Waals surface area contributed by atoms with Crippen molar-refractivity contribution in [2.45, 2.75) is 6.92 Å². The first kappa shape index (κ1) is 17.7. The molecule has 0 aliphatic heterocycles. The molecule has 0 aliphatic rings.